The van der Waals surface area contributed by atoms with Crippen LogP contribution in [0.4, 0.5) is 0 Å². The molecule has 5 heterocycles. The minimum Gasteiger partial charge on any atom is -0.759 e. The van der Waals surface area contributed by atoms with E-state index in [1.54, 1.807) is 0 Å². The molecule has 2 aliphatic heterocycles. The first-order valence-corrected chi connectivity index (χ1v) is 15.0. The molecule has 0 saturated carbocycles. The molecule has 8 bridgehead atoms. The minimum atomic E-state index is -5.17. The van der Waals surface area contributed by atoms with Gasteiger partial charge in [0.2, 0.25) is 0 Å². The third-order valence-electron chi connectivity index (χ3n) is 7.46. The number of benzene rings is 4. The molecular formula is C32H18CuN8O4S. The van der Waals surface area contributed by atoms with Gasteiger partial charge in [-0.3, -0.25) is 8.42 Å². The Balaban J connectivity index is 0.000000526. The number of nitrogens with zero attached hydrogens (tertiary/aromatic N) is 6. The molecule has 0 aliphatic carbocycles. The topological polar surface area (TPSA) is 189 Å². The van der Waals surface area contributed by atoms with Crippen LogP contribution in [0.15, 0.2) is 97.1 Å². The van der Waals surface area contributed by atoms with E-state index in [0.29, 0.717) is 45.9 Å². The fourth-order valence-electron chi connectivity index (χ4n) is 5.59. The standard InChI is InChI=1S/C32H18N8.Cu.H2O4S/c1-2-10-18-17(9-1)25-33-26(18)38-28-21-13-5-6-14-22(21)30(35-28)40-32-24-16-8-7-15-23(24)31(36-32)39-29-20-12-4-3-11-19(20)27(34-29)37-25;;1-5(2,3)4/h1-16H,(H2,33,34,35,36,37,38,39,40);;(H2,1,2,3,4)/q;+2;/p-2. The predicted molar refractivity (Wildman–Crippen MR) is 167 cm³/mol. The average molecular weight is 674 g/mol. The van der Waals surface area contributed by atoms with Gasteiger partial charge in [0.05, 0.1) is 0 Å². The number of H-pyrrole nitrogens is 2. The first-order valence-electron chi connectivity index (χ1n) is 13.7. The molecule has 3 aromatic heterocycles. The van der Waals surface area contributed by atoms with Crippen molar-refractivity contribution in [1.82, 2.24) is 39.9 Å². The van der Waals surface area contributed by atoms with Gasteiger partial charge in [0.25, 0.3) is 0 Å². The number of rotatable bonds is 0. The summed E-state index contributed by atoms with van der Waals surface area (Å²) in [6.45, 7) is 0. The Morgan fingerprint density at radius 3 is 0.870 bits per heavy atom. The van der Waals surface area contributed by atoms with Crippen LogP contribution < -0.4 is 0 Å². The van der Waals surface area contributed by atoms with Gasteiger partial charge in [0.15, 0.2) is 23.3 Å². The van der Waals surface area contributed by atoms with Gasteiger partial charge in [-0.15, -0.1) is 0 Å². The number of aromatic nitrogens is 8. The van der Waals surface area contributed by atoms with Crippen molar-refractivity contribution in [2.75, 3.05) is 0 Å². The minimum absolute atomic E-state index is 0. The van der Waals surface area contributed by atoms with E-state index in [-0.39, 0.29) is 17.1 Å². The third-order valence-corrected chi connectivity index (χ3v) is 7.46. The van der Waals surface area contributed by atoms with Crippen LogP contribution in [-0.2, 0) is 27.5 Å². The Morgan fingerprint density at radius 1 is 0.413 bits per heavy atom. The Bertz CT molecular complexity index is 2290. The molecule has 0 unspecified atom stereocenters. The molecule has 7 aromatic rings. The second-order valence-corrected chi connectivity index (χ2v) is 11.0. The summed E-state index contributed by atoms with van der Waals surface area (Å²) in [7, 11) is -5.17. The maximum absolute atomic E-state index is 8.52. The van der Waals surface area contributed by atoms with Gasteiger partial charge in [0, 0.05) is 54.2 Å². The van der Waals surface area contributed by atoms with Crippen LogP contribution in [-0.4, -0.2) is 57.4 Å². The summed E-state index contributed by atoms with van der Waals surface area (Å²) in [6, 6.07) is 32.2. The van der Waals surface area contributed by atoms with E-state index in [4.69, 9.17) is 47.4 Å². The van der Waals surface area contributed by atoms with Crippen molar-refractivity contribution in [2.45, 2.75) is 0 Å². The largest absolute Gasteiger partial charge is 2.00 e. The van der Waals surface area contributed by atoms with Gasteiger partial charge in [-0.2, -0.15) is 0 Å². The summed E-state index contributed by atoms with van der Waals surface area (Å²) in [5, 5.41) is 3.82. The van der Waals surface area contributed by atoms with Crippen LogP contribution in [0.3, 0.4) is 0 Å². The van der Waals surface area contributed by atoms with E-state index in [1.807, 2.05) is 97.1 Å². The Hall–Kier alpha value is -5.37. The van der Waals surface area contributed by atoms with Gasteiger partial charge < -0.3 is 19.1 Å². The zero-order chi connectivity index (χ0) is 30.7. The van der Waals surface area contributed by atoms with Gasteiger partial charge in [-0.1, -0.05) is 97.1 Å². The first kappa shape index (κ1) is 29.3. The molecule has 0 amide bonds. The summed E-state index contributed by atoms with van der Waals surface area (Å²) < 4.78 is 34.1. The number of hydrogen-bond acceptors (Lipinski definition) is 10. The first-order chi connectivity index (χ1) is 21.8. The number of aromatic amines is 2. The van der Waals surface area contributed by atoms with Gasteiger partial charge in [-0.05, 0) is 0 Å². The molecule has 14 heteroatoms. The molecule has 1 radical (unpaired) electrons. The number of fused-ring (bicyclic) bond motifs is 20. The quantitative estimate of drug-likeness (QED) is 0.118. The van der Waals surface area contributed by atoms with Crippen molar-refractivity contribution in [1.29, 1.82) is 0 Å². The van der Waals surface area contributed by atoms with Crippen LogP contribution in [0.5, 0.6) is 0 Å². The molecule has 2 aliphatic rings. The van der Waals surface area contributed by atoms with Crippen molar-refractivity contribution in [3.05, 3.63) is 97.1 Å². The fraction of sp³-hybridized carbons (Fsp3) is 0. The molecule has 0 atom stereocenters. The SMILES string of the molecule is O=S(=O)([O-])[O-].[Cu+2].c1ccc2c(c1)-c1nc-2nc2[nH]c(nc3nc(nc4[nH]c(n1)c1ccccc41)-c1ccccc1-3)c1ccccc21. The summed E-state index contributed by atoms with van der Waals surface area (Å²) in [6.07, 6.45) is 0. The molecule has 12 nitrogen and oxygen atoms in total. The zero-order valence-corrected chi connectivity index (χ0v) is 25.0. The fourth-order valence-corrected chi connectivity index (χ4v) is 5.59. The summed E-state index contributed by atoms with van der Waals surface area (Å²) in [4.78, 5) is 36.8. The van der Waals surface area contributed by atoms with Crippen LogP contribution in [0.25, 0.3) is 89.7 Å². The molecule has 2 N–H and O–H groups in total. The summed E-state index contributed by atoms with van der Waals surface area (Å²) >= 11 is 0. The van der Waals surface area contributed by atoms with Gasteiger partial charge in [-0.25, -0.2) is 29.9 Å². The monoisotopic (exact) mass is 673 g/mol. The van der Waals surface area contributed by atoms with E-state index < -0.39 is 10.4 Å². The molecule has 227 valence electrons. The Labute approximate surface area is 270 Å². The van der Waals surface area contributed by atoms with Crippen LogP contribution in [0.1, 0.15) is 0 Å². The Kier molecular flexibility index (Phi) is 7.15. The van der Waals surface area contributed by atoms with E-state index in [9.17, 15) is 0 Å². The smallest absolute Gasteiger partial charge is 0.759 e. The van der Waals surface area contributed by atoms with Crippen molar-refractivity contribution in [2.24, 2.45) is 0 Å². The van der Waals surface area contributed by atoms with Gasteiger partial charge >= 0.3 is 17.1 Å². The maximum Gasteiger partial charge on any atom is 2.00 e. The van der Waals surface area contributed by atoms with E-state index in [2.05, 4.69) is 9.97 Å². The number of nitrogens with one attached hydrogen (secondary N) is 2. The molecular weight excluding hydrogens is 656 g/mol. The average Bonchev–Trinajstić information content (AvgIpc) is 3.76. The van der Waals surface area contributed by atoms with Crippen molar-refractivity contribution in [3.63, 3.8) is 0 Å². The normalized spacial score (nSPS) is 11.7. The van der Waals surface area contributed by atoms with E-state index in [1.165, 1.54) is 0 Å². The van der Waals surface area contributed by atoms with Crippen LogP contribution in [0, 0.1) is 0 Å². The second kappa shape index (κ2) is 11.2. The van der Waals surface area contributed by atoms with Crippen LogP contribution >= 0.6 is 0 Å². The Morgan fingerprint density at radius 2 is 0.630 bits per heavy atom. The number of hydrogen-bond donors (Lipinski definition) is 2. The second-order valence-electron chi connectivity index (χ2n) is 10.2. The van der Waals surface area contributed by atoms with Crippen molar-refractivity contribution >= 4 is 54.5 Å². The molecule has 0 spiro atoms. The zero-order valence-electron chi connectivity index (χ0n) is 23.3. The predicted octanol–water partition coefficient (Wildman–Crippen LogP) is 5.53. The molecule has 0 saturated heterocycles. The van der Waals surface area contributed by atoms with E-state index >= 15 is 0 Å². The third kappa shape index (κ3) is 5.19. The van der Waals surface area contributed by atoms with E-state index in [0.717, 1.165) is 43.8 Å². The molecule has 9 rings (SSSR count). The van der Waals surface area contributed by atoms with Gasteiger partial charge in [0.1, 0.15) is 22.6 Å². The van der Waals surface area contributed by atoms with Crippen molar-refractivity contribution in [3.8, 4) is 45.6 Å². The summed E-state index contributed by atoms with van der Waals surface area (Å²) in [5.74, 6) is 2.39. The summed E-state index contributed by atoms with van der Waals surface area (Å²) in [5.41, 5.74) is 6.45. The maximum atomic E-state index is 8.52. The molecule has 4 aromatic carbocycles. The van der Waals surface area contributed by atoms with Crippen LogP contribution in [0.2, 0.25) is 0 Å². The molecule has 46 heavy (non-hydrogen) atoms. The van der Waals surface area contributed by atoms with Crippen molar-refractivity contribution < 1.29 is 34.6 Å². The molecule has 0 fully saturated rings.